The zero-order chi connectivity index (χ0) is 44.7. The Balaban J connectivity index is 1.83. The monoisotopic (exact) mass is 864 g/mol. The van der Waals surface area contributed by atoms with Gasteiger partial charge in [0.2, 0.25) is 5.91 Å². The van der Waals surface area contributed by atoms with E-state index in [0.717, 1.165) is 83.5 Å². The van der Waals surface area contributed by atoms with E-state index in [1.165, 1.54) is 0 Å². The molecule has 348 valence electrons. The lowest BCUT2D eigenvalue weighted by atomic mass is 9.97. The summed E-state index contributed by atoms with van der Waals surface area (Å²) in [5.41, 5.74) is 0. The first-order valence-electron chi connectivity index (χ1n) is 22.3. The Labute approximate surface area is 363 Å². The molecular weight excluding hydrogens is 787 g/mol. The van der Waals surface area contributed by atoms with E-state index in [9.17, 15) is 45.6 Å². The summed E-state index contributed by atoms with van der Waals surface area (Å²) in [5.74, 6) is -0.293. The Bertz CT molecular complexity index is 1350. The number of carbonyl (C=O) groups excluding carboxylic acids is 1. The van der Waals surface area contributed by atoms with Gasteiger partial charge in [0.15, 0.2) is 12.6 Å². The first-order chi connectivity index (χ1) is 29.6. The van der Waals surface area contributed by atoms with E-state index in [2.05, 4.69) is 92.1 Å². The van der Waals surface area contributed by atoms with Gasteiger partial charge in [-0.15, -0.1) is 0 Å². The number of amides is 1. The number of ether oxygens (including phenoxy) is 4. The average Bonchev–Trinajstić information content (AvgIpc) is 3.26. The van der Waals surface area contributed by atoms with E-state index in [-0.39, 0.29) is 18.9 Å². The maximum Gasteiger partial charge on any atom is 0.220 e. The van der Waals surface area contributed by atoms with Gasteiger partial charge in [-0.3, -0.25) is 4.79 Å². The lowest BCUT2D eigenvalue weighted by molar-refractivity contribution is -0.359. The van der Waals surface area contributed by atoms with Gasteiger partial charge in [0.05, 0.1) is 32.0 Å². The van der Waals surface area contributed by atoms with Crippen LogP contribution in [0.3, 0.4) is 0 Å². The van der Waals surface area contributed by atoms with Crippen molar-refractivity contribution < 1.29 is 64.6 Å². The van der Waals surface area contributed by atoms with E-state index < -0.39 is 86.8 Å². The average molecular weight is 864 g/mol. The molecule has 0 aliphatic carbocycles. The summed E-state index contributed by atoms with van der Waals surface area (Å²) in [6.07, 6.45) is 25.3. The Morgan fingerprint density at radius 2 is 1.13 bits per heavy atom. The Morgan fingerprint density at radius 3 is 1.70 bits per heavy atom. The van der Waals surface area contributed by atoms with Crippen molar-refractivity contribution in [2.45, 2.75) is 184 Å². The molecule has 2 aliphatic rings. The van der Waals surface area contributed by atoms with Gasteiger partial charge in [0.1, 0.15) is 48.8 Å². The van der Waals surface area contributed by atoms with Gasteiger partial charge in [0.25, 0.3) is 0 Å². The number of aliphatic hydroxyl groups is 8. The highest BCUT2D eigenvalue weighted by molar-refractivity contribution is 5.76. The first kappa shape index (κ1) is 54.3. The summed E-state index contributed by atoms with van der Waals surface area (Å²) in [6, 6.07) is -0.939. The number of hydrogen-bond acceptors (Lipinski definition) is 13. The molecule has 2 rings (SSSR count). The maximum atomic E-state index is 13.0. The summed E-state index contributed by atoms with van der Waals surface area (Å²) >= 11 is 0. The minimum Gasteiger partial charge on any atom is -0.394 e. The fraction of sp³-hybridized carbons (Fsp3) is 0.681. The SMILES string of the molecule is CC/C=C\C/C=C\C/C=C\C/C=C\C/C=C\C/C=C\CCCCC(=O)NC(COC1OC(CO)C(OC2OC(CO)C(O)C(O)C2O)C(O)C1O)C(O)/C=C/CCCCCC. The summed E-state index contributed by atoms with van der Waals surface area (Å²) in [7, 11) is 0. The molecule has 0 spiro atoms. The highest BCUT2D eigenvalue weighted by Crippen LogP contribution is 2.29. The molecule has 1 amide bonds. The summed E-state index contributed by atoms with van der Waals surface area (Å²) < 4.78 is 22.5. The number of aliphatic hydroxyl groups excluding tert-OH is 8. The van der Waals surface area contributed by atoms with Crippen LogP contribution in [0.15, 0.2) is 85.1 Å². The van der Waals surface area contributed by atoms with Crippen molar-refractivity contribution in [2.24, 2.45) is 0 Å². The normalized spacial score (nSPS) is 28.8. The van der Waals surface area contributed by atoms with Crippen LogP contribution in [0.5, 0.6) is 0 Å². The second kappa shape index (κ2) is 33.7. The van der Waals surface area contributed by atoms with Gasteiger partial charge in [-0.25, -0.2) is 0 Å². The van der Waals surface area contributed by atoms with Crippen LogP contribution < -0.4 is 5.32 Å². The Hall–Kier alpha value is -2.83. The molecule has 0 aromatic rings. The molecule has 0 aromatic heterocycles. The molecule has 14 heteroatoms. The molecule has 0 saturated carbocycles. The van der Waals surface area contributed by atoms with Gasteiger partial charge < -0.3 is 65.1 Å². The van der Waals surface area contributed by atoms with Gasteiger partial charge >= 0.3 is 0 Å². The molecule has 2 saturated heterocycles. The largest absolute Gasteiger partial charge is 0.394 e. The molecule has 9 N–H and O–H groups in total. The number of allylic oxidation sites excluding steroid dienone is 13. The van der Waals surface area contributed by atoms with Crippen LogP contribution in [0.4, 0.5) is 0 Å². The number of carbonyl (C=O) groups is 1. The molecule has 14 nitrogen and oxygen atoms in total. The minimum absolute atomic E-state index is 0.220. The third-order valence-corrected chi connectivity index (χ3v) is 10.3. The molecule has 12 atom stereocenters. The van der Waals surface area contributed by atoms with E-state index in [1.54, 1.807) is 6.08 Å². The van der Waals surface area contributed by atoms with E-state index >= 15 is 0 Å². The summed E-state index contributed by atoms with van der Waals surface area (Å²) in [4.78, 5) is 13.0. The van der Waals surface area contributed by atoms with Crippen LogP contribution in [-0.4, -0.2) is 140 Å². The van der Waals surface area contributed by atoms with Gasteiger partial charge in [-0.05, 0) is 70.6 Å². The zero-order valence-corrected chi connectivity index (χ0v) is 36.4. The fourth-order valence-electron chi connectivity index (χ4n) is 6.64. The van der Waals surface area contributed by atoms with Gasteiger partial charge in [0, 0.05) is 6.42 Å². The standard InChI is InChI=1S/C47H77NO13/c1-3-5-7-9-11-12-13-14-15-16-17-18-19-20-21-22-23-24-25-27-29-31-39(52)48-35(36(51)30-28-26-10-8-6-4-2)34-58-46-44(57)42(55)45(38(33-50)60-46)61-47-43(56)41(54)40(53)37(32-49)59-47/h5,7,11-12,14-15,17-18,20-21,23-24,28,30,35-38,40-47,49-51,53-57H,3-4,6,8-10,13,16,19,22,25-27,29,31-34H2,1-2H3,(H,48,52)/b7-5-,12-11-,15-14-,18-17-,21-20-,24-23-,30-28+. The molecule has 0 aromatic carbocycles. The van der Waals surface area contributed by atoms with Crippen molar-refractivity contribution in [1.82, 2.24) is 5.32 Å². The van der Waals surface area contributed by atoms with Crippen LogP contribution in [-0.2, 0) is 23.7 Å². The van der Waals surface area contributed by atoms with E-state index in [1.807, 2.05) is 6.08 Å². The van der Waals surface area contributed by atoms with Crippen molar-refractivity contribution >= 4 is 5.91 Å². The number of unbranched alkanes of at least 4 members (excludes halogenated alkanes) is 6. The van der Waals surface area contributed by atoms with Gasteiger partial charge in [-0.2, -0.15) is 0 Å². The molecule has 12 unspecified atom stereocenters. The van der Waals surface area contributed by atoms with Crippen LogP contribution >= 0.6 is 0 Å². The highest BCUT2D eigenvalue weighted by atomic mass is 16.7. The zero-order valence-electron chi connectivity index (χ0n) is 36.4. The van der Waals surface area contributed by atoms with Crippen molar-refractivity contribution in [3.8, 4) is 0 Å². The quantitative estimate of drug-likeness (QED) is 0.0351. The minimum atomic E-state index is -1.79. The molecule has 0 bridgehead atoms. The molecule has 2 heterocycles. The maximum absolute atomic E-state index is 13.0. The van der Waals surface area contributed by atoms with Crippen LogP contribution in [0.1, 0.15) is 110 Å². The lowest BCUT2D eigenvalue weighted by Crippen LogP contribution is -2.65. The Kier molecular flexibility index (Phi) is 30.0. The first-order valence-corrected chi connectivity index (χ1v) is 22.3. The van der Waals surface area contributed by atoms with Crippen molar-refractivity contribution in [3.05, 3.63) is 85.1 Å². The van der Waals surface area contributed by atoms with E-state index in [0.29, 0.717) is 6.42 Å². The molecule has 2 aliphatic heterocycles. The third-order valence-electron chi connectivity index (χ3n) is 10.3. The predicted molar refractivity (Wildman–Crippen MR) is 235 cm³/mol. The molecule has 0 radical (unpaired) electrons. The van der Waals surface area contributed by atoms with Gasteiger partial charge in [-0.1, -0.05) is 118 Å². The third kappa shape index (κ3) is 21.9. The second-order valence-electron chi connectivity index (χ2n) is 15.4. The predicted octanol–water partition coefficient (Wildman–Crippen LogP) is 4.26. The molecule has 2 fully saturated rings. The number of hydrogen-bond donors (Lipinski definition) is 9. The number of rotatable bonds is 31. The molecule has 61 heavy (non-hydrogen) atoms. The highest BCUT2D eigenvalue weighted by Gasteiger charge is 2.50. The second-order valence-corrected chi connectivity index (χ2v) is 15.4. The fourth-order valence-corrected chi connectivity index (χ4v) is 6.64. The Morgan fingerprint density at radius 1 is 0.607 bits per heavy atom. The topological polar surface area (TPSA) is 228 Å². The summed E-state index contributed by atoms with van der Waals surface area (Å²) in [5, 5.41) is 86.0. The smallest absolute Gasteiger partial charge is 0.220 e. The van der Waals surface area contributed by atoms with E-state index in [4.69, 9.17) is 18.9 Å². The summed E-state index contributed by atoms with van der Waals surface area (Å²) in [6.45, 7) is 2.50. The molecular formula is C47H77NO13. The van der Waals surface area contributed by atoms with Crippen molar-refractivity contribution in [2.75, 3.05) is 19.8 Å². The lowest BCUT2D eigenvalue weighted by Gasteiger charge is -2.46. The van der Waals surface area contributed by atoms with Crippen LogP contribution in [0.2, 0.25) is 0 Å². The van der Waals surface area contributed by atoms with Crippen LogP contribution in [0.25, 0.3) is 0 Å². The number of nitrogens with one attached hydrogen (secondary N) is 1. The van der Waals surface area contributed by atoms with Crippen LogP contribution in [0, 0.1) is 0 Å². The van der Waals surface area contributed by atoms with Crippen molar-refractivity contribution in [3.63, 3.8) is 0 Å². The van der Waals surface area contributed by atoms with Crippen molar-refractivity contribution in [1.29, 1.82) is 0 Å².